The van der Waals surface area contributed by atoms with E-state index in [-0.39, 0.29) is 5.82 Å². The van der Waals surface area contributed by atoms with Crippen LogP contribution in [0, 0.1) is 12.7 Å². The molecule has 0 aliphatic rings. The molecule has 3 aromatic rings. The van der Waals surface area contributed by atoms with Crippen LogP contribution in [0.1, 0.15) is 11.4 Å². The predicted octanol–water partition coefficient (Wildman–Crippen LogP) is 4.33. The molecule has 0 unspecified atom stereocenters. The van der Waals surface area contributed by atoms with Crippen LogP contribution in [0.5, 0.6) is 5.75 Å². The molecule has 2 N–H and O–H groups in total. The quantitative estimate of drug-likeness (QED) is 0.663. The summed E-state index contributed by atoms with van der Waals surface area (Å²) in [5.74, 6) is 2.53. The van der Waals surface area contributed by atoms with Crippen LogP contribution in [0.2, 0.25) is 0 Å². The van der Waals surface area contributed by atoms with Crippen molar-refractivity contribution in [2.45, 2.75) is 13.3 Å². The van der Waals surface area contributed by atoms with E-state index >= 15 is 0 Å². The van der Waals surface area contributed by atoms with Crippen LogP contribution in [0.15, 0.2) is 54.6 Å². The van der Waals surface area contributed by atoms with Gasteiger partial charge in [0.25, 0.3) is 0 Å². The van der Waals surface area contributed by atoms with Crippen molar-refractivity contribution < 1.29 is 9.13 Å². The molecule has 0 amide bonds. The number of benzene rings is 2. The summed E-state index contributed by atoms with van der Waals surface area (Å²) in [6, 6.07) is 16.1. The first-order chi connectivity index (χ1) is 12.6. The summed E-state index contributed by atoms with van der Waals surface area (Å²) in [7, 11) is 1.66. The van der Waals surface area contributed by atoms with Gasteiger partial charge in [0.15, 0.2) is 0 Å². The molecule has 2 aromatic carbocycles. The monoisotopic (exact) mass is 352 g/mol. The SMILES string of the molecule is COc1cccc(CCNc2cc(Nc3cccc(F)c3)nc(C)n2)c1. The van der Waals surface area contributed by atoms with Gasteiger partial charge in [0.1, 0.15) is 29.0 Å². The van der Waals surface area contributed by atoms with Crippen molar-refractivity contribution in [3.8, 4) is 5.75 Å². The van der Waals surface area contributed by atoms with E-state index in [1.807, 2.05) is 31.2 Å². The van der Waals surface area contributed by atoms with E-state index in [1.165, 1.54) is 17.7 Å². The summed E-state index contributed by atoms with van der Waals surface area (Å²) in [6.07, 6.45) is 0.840. The maximum Gasteiger partial charge on any atom is 0.136 e. The van der Waals surface area contributed by atoms with Crippen LogP contribution in [0.3, 0.4) is 0 Å². The van der Waals surface area contributed by atoms with Gasteiger partial charge in [-0.1, -0.05) is 18.2 Å². The van der Waals surface area contributed by atoms with Crippen molar-refractivity contribution in [3.05, 3.63) is 71.8 Å². The fourth-order valence-corrected chi connectivity index (χ4v) is 2.60. The Bertz CT molecular complexity index is 885. The van der Waals surface area contributed by atoms with Crippen LogP contribution < -0.4 is 15.4 Å². The van der Waals surface area contributed by atoms with Crippen molar-refractivity contribution in [1.82, 2.24) is 9.97 Å². The van der Waals surface area contributed by atoms with Gasteiger partial charge in [-0.3, -0.25) is 0 Å². The number of ether oxygens (including phenoxy) is 1. The fraction of sp³-hybridized carbons (Fsp3) is 0.200. The molecule has 0 saturated heterocycles. The molecule has 0 radical (unpaired) electrons. The Kier molecular flexibility index (Phi) is 5.63. The average Bonchev–Trinajstić information content (AvgIpc) is 2.61. The molecule has 3 rings (SSSR count). The Morgan fingerprint density at radius 2 is 1.81 bits per heavy atom. The first kappa shape index (κ1) is 17.7. The molecule has 0 fully saturated rings. The minimum atomic E-state index is -0.294. The molecule has 0 bridgehead atoms. The maximum atomic E-state index is 13.3. The molecule has 1 heterocycles. The lowest BCUT2D eigenvalue weighted by molar-refractivity contribution is 0.414. The molecule has 1 aromatic heterocycles. The van der Waals surface area contributed by atoms with Crippen molar-refractivity contribution in [1.29, 1.82) is 0 Å². The first-order valence-corrected chi connectivity index (χ1v) is 8.37. The van der Waals surface area contributed by atoms with Crippen LogP contribution >= 0.6 is 0 Å². The highest BCUT2D eigenvalue weighted by Crippen LogP contribution is 2.18. The van der Waals surface area contributed by atoms with Gasteiger partial charge in [-0.15, -0.1) is 0 Å². The highest BCUT2D eigenvalue weighted by atomic mass is 19.1. The zero-order chi connectivity index (χ0) is 18.4. The topological polar surface area (TPSA) is 59.1 Å². The van der Waals surface area contributed by atoms with Gasteiger partial charge in [-0.05, 0) is 49.2 Å². The van der Waals surface area contributed by atoms with Crippen molar-refractivity contribution >= 4 is 17.3 Å². The second kappa shape index (κ2) is 8.29. The van der Waals surface area contributed by atoms with Crippen LogP contribution in [0.25, 0.3) is 0 Å². The molecular formula is C20H21FN4O. The lowest BCUT2D eigenvalue weighted by Crippen LogP contribution is -2.08. The third-order valence-electron chi connectivity index (χ3n) is 3.79. The molecule has 134 valence electrons. The Hall–Kier alpha value is -3.15. The van der Waals surface area contributed by atoms with E-state index in [9.17, 15) is 4.39 Å². The second-order valence-electron chi connectivity index (χ2n) is 5.85. The largest absolute Gasteiger partial charge is 0.497 e. The van der Waals surface area contributed by atoms with Crippen molar-refractivity contribution in [3.63, 3.8) is 0 Å². The predicted molar refractivity (Wildman–Crippen MR) is 102 cm³/mol. The number of hydrogen-bond donors (Lipinski definition) is 2. The molecule has 5 nitrogen and oxygen atoms in total. The zero-order valence-electron chi connectivity index (χ0n) is 14.8. The zero-order valence-corrected chi connectivity index (χ0v) is 14.8. The van der Waals surface area contributed by atoms with E-state index in [2.05, 4.69) is 26.7 Å². The van der Waals surface area contributed by atoms with Gasteiger partial charge in [0.05, 0.1) is 7.11 Å². The van der Waals surface area contributed by atoms with Gasteiger partial charge < -0.3 is 15.4 Å². The van der Waals surface area contributed by atoms with Crippen LogP contribution in [-0.2, 0) is 6.42 Å². The number of hydrogen-bond acceptors (Lipinski definition) is 5. The summed E-state index contributed by atoms with van der Waals surface area (Å²) in [5, 5.41) is 6.40. The number of methoxy groups -OCH3 is 1. The van der Waals surface area contributed by atoms with Gasteiger partial charge in [0, 0.05) is 18.3 Å². The van der Waals surface area contributed by atoms with E-state index in [1.54, 1.807) is 19.2 Å². The van der Waals surface area contributed by atoms with Gasteiger partial charge >= 0.3 is 0 Å². The normalized spacial score (nSPS) is 10.4. The molecule has 0 atom stereocenters. The molecule has 6 heteroatoms. The standard InChI is InChI=1S/C20H21FN4O/c1-14-23-19(22-10-9-15-5-3-8-18(11-15)26-2)13-20(24-14)25-17-7-4-6-16(21)12-17/h3-8,11-13H,9-10H2,1-2H3,(H2,22,23,24,25). The van der Waals surface area contributed by atoms with Crippen LogP contribution in [0.4, 0.5) is 21.7 Å². The van der Waals surface area contributed by atoms with Gasteiger partial charge in [0.2, 0.25) is 0 Å². The third-order valence-corrected chi connectivity index (χ3v) is 3.79. The highest BCUT2D eigenvalue weighted by Gasteiger charge is 2.04. The summed E-state index contributed by atoms with van der Waals surface area (Å²) in [4.78, 5) is 8.74. The lowest BCUT2D eigenvalue weighted by atomic mass is 10.1. The Morgan fingerprint density at radius 3 is 2.62 bits per heavy atom. The number of nitrogens with zero attached hydrogens (tertiary/aromatic N) is 2. The minimum Gasteiger partial charge on any atom is -0.497 e. The van der Waals surface area contributed by atoms with E-state index in [0.717, 1.165) is 24.5 Å². The Labute approximate surface area is 152 Å². The summed E-state index contributed by atoms with van der Waals surface area (Å²) in [5.41, 5.74) is 1.83. The molecular weight excluding hydrogens is 331 g/mol. The fourth-order valence-electron chi connectivity index (χ4n) is 2.60. The number of anilines is 3. The van der Waals surface area contributed by atoms with Crippen molar-refractivity contribution in [2.24, 2.45) is 0 Å². The molecule has 0 saturated carbocycles. The Morgan fingerprint density at radius 1 is 1.00 bits per heavy atom. The first-order valence-electron chi connectivity index (χ1n) is 8.37. The van der Waals surface area contributed by atoms with E-state index < -0.39 is 0 Å². The summed E-state index contributed by atoms with van der Waals surface area (Å²) >= 11 is 0. The van der Waals surface area contributed by atoms with Crippen LogP contribution in [-0.4, -0.2) is 23.6 Å². The number of nitrogens with one attached hydrogen (secondary N) is 2. The van der Waals surface area contributed by atoms with Gasteiger partial charge in [-0.25, -0.2) is 14.4 Å². The molecule has 0 aliphatic heterocycles. The second-order valence-corrected chi connectivity index (χ2v) is 5.85. The van der Waals surface area contributed by atoms with Gasteiger partial charge in [-0.2, -0.15) is 0 Å². The molecule has 26 heavy (non-hydrogen) atoms. The molecule has 0 spiro atoms. The van der Waals surface area contributed by atoms with E-state index in [0.29, 0.717) is 17.3 Å². The number of aryl methyl sites for hydroxylation is 1. The molecule has 0 aliphatic carbocycles. The third kappa shape index (κ3) is 4.92. The summed E-state index contributed by atoms with van der Waals surface area (Å²) in [6.45, 7) is 2.55. The minimum absolute atomic E-state index is 0.294. The lowest BCUT2D eigenvalue weighted by Gasteiger charge is -2.11. The van der Waals surface area contributed by atoms with Crippen molar-refractivity contribution in [2.75, 3.05) is 24.3 Å². The Balaban J connectivity index is 1.63. The van der Waals surface area contributed by atoms with E-state index in [4.69, 9.17) is 4.74 Å². The summed E-state index contributed by atoms with van der Waals surface area (Å²) < 4.78 is 18.6. The smallest absolute Gasteiger partial charge is 0.136 e. The maximum absolute atomic E-state index is 13.3. The average molecular weight is 352 g/mol. The number of rotatable bonds is 7. The highest BCUT2D eigenvalue weighted by molar-refractivity contribution is 5.59. The number of halogens is 1. The number of aromatic nitrogens is 2.